The predicted octanol–water partition coefficient (Wildman–Crippen LogP) is 2.62. The Bertz CT molecular complexity index is 286. The molecule has 0 amide bonds. The molecule has 0 aliphatic carbocycles. The molecule has 0 fully saturated rings. The van der Waals surface area contributed by atoms with E-state index in [0.29, 0.717) is 6.04 Å². The van der Waals surface area contributed by atoms with Crippen LogP contribution in [0.3, 0.4) is 0 Å². The van der Waals surface area contributed by atoms with Gasteiger partial charge in [0.1, 0.15) is 16.2 Å². The second-order valence-electron chi connectivity index (χ2n) is 3.14. The van der Waals surface area contributed by atoms with Crippen molar-refractivity contribution in [2.45, 2.75) is 33.2 Å². The number of nitrogens with one attached hydrogen (secondary N) is 1. The van der Waals surface area contributed by atoms with Gasteiger partial charge in [-0.1, -0.05) is 6.92 Å². The van der Waals surface area contributed by atoms with Gasteiger partial charge in [-0.15, -0.1) is 0 Å². The number of aryl methyl sites for hydroxylation is 1. The van der Waals surface area contributed by atoms with Crippen LogP contribution in [0, 0.1) is 0 Å². The molecule has 1 aromatic rings. The third kappa shape index (κ3) is 3.30. The summed E-state index contributed by atoms with van der Waals surface area (Å²) in [7, 11) is 0. The third-order valence-corrected chi connectivity index (χ3v) is 1.90. The van der Waals surface area contributed by atoms with E-state index in [9.17, 15) is 0 Å². The van der Waals surface area contributed by atoms with Gasteiger partial charge in [0, 0.05) is 18.5 Å². The lowest BCUT2D eigenvalue weighted by molar-refractivity contribution is 0.864. The first-order valence-electron chi connectivity index (χ1n) is 4.41. The molecule has 0 radical (unpaired) electrons. The number of halogens is 1. The zero-order chi connectivity index (χ0) is 9.84. The average Bonchev–Trinajstić information content (AvgIpc) is 2.01. The van der Waals surface area contributed by atoms with Gasteiger partial charge in [0.05, 0.1) is 0 Å². The van der Waals surface area contributed by atoms with Crippen LogP contribution in [0.1, 0.15) is 26.6 Å². The van der Waals surface area contributed by atoms with Crippen LogP contribution in [0.15, 0.2) is 10.7 Å². The molecule has 0 bridgehead atoms. The van der Waals surface area contributed by atoms with Gasteiger partial charge in [0.15, 0.2) is 0 Å². The van der Waals surface area contributed by atoms with E-state index in [2.05, 4.69) is 45.1 Å². The van der Waals surface area contributed by atoms with E-state index in [-0.39, 0.29) is 0 Å². The van der Waals surface area contributed by atoms with Crippen molar-refractivity contribution in [3.8, 4) is 0 Å². The summed E-state index contributed by atoms with van der Waals surface area (Å²) in [6.45, 7) is 6.21. The first-order chi connectivity index (χ1) is 6.11. The summed E-state index contributed by atoms with van der Waals surface area (Å²) in [5.74, 6) is 1.74. The van der Waals surface area contributed by atoms with Crippen molar-refractivity contribution in [1.29, 1.82) is 0 Å². The minimum Gasteiger partial charge on any atom is -0.368 e. The van der Waals surface area contributed by atoms with Crippen LogP contribution in [-0.2, 0) is 6.42 Å². The summed E-state index contributed by atoms with van der Waals surface area (Å²) >= 11 is 3.35. The van der Waals surface area contributed by atoms with E-state index in [0.717, 1.165) is 22.7 Å². The van der Waals surface area contributed by atoms with E-state index in [4.69, 9.17) is 0 Å². The summed E-state index contributed by atoms with van der Waals surface area (Å²) in [6.07, 6.45) is 0.853. The molecular weight excluding hydrogens is 230 g/mol. The Morgan fingerprint density at radius 1 is 1.46 bits per heavy atom. The zero-order valence-electron chi connectivity index (χ0n) is 8.13. The van der Waals surface area contributed by atoms with Crippen molar-refractivity contribution < 1.29 is 0 Å². The number of hydrogen-bond acceptors (Lipinski definition) is 3. The summed E-state index contributed by atoms with van der Waals surface area (Å²) in [5, 5.41) is 3.24. The molecule has 1 heterocycles. The third-order valence-electron chi connectivity index (χ3n) is 1.49. The normalized spacial score (nSPS) is 10.5. The second kappa shape index (κ2) is 4.56. The highest BCUT2D eigenvalue weighted by Crippen LogP contribution is 2.13. The molecule has 0 saturated carbocycles. The lowest BCUT2D eigenvalue weighted by atomic mass is 10.4. The van der Waals surface area contributed by atoms with Crippen LogP contribution < -0.4 is 5.32 Å². The van der Waals surface area contributed by atoms with Gasteiger partial charge in [-0.05, 0) is 29.8 Å². The monoisotopic (exact) mass is 243 g/mol. The molecule has 3 nitrogen and oxygen atoms in total. The van der Waals surface area contributed by atoms with Crippen LogP contribution in [0.4, 0.5) is 5.82 Å². The van der Waals surface area contributed by atoms with E-state index in [1.807, 2.05) is 13.0 Å². The Labute approximate surface area is 87.1 Å². The predicted molar refractivity (Wildman–Crippen MR) is 57.9 cm³/mol. The Kier molecular flexibility index (Phi) is 3.66. The van der Waals surface area contributed by atoms with E-state index in [1.165, 1.54) is 0 Å². The van der Waals surface area contributed by atoms with Crippen LogP contribution in [0.5, 0.6) is 0 Å². The van der Waals surface area contributed by atoms with Crippen LogP contribution in [0.2, 0.25) is 0 Å². The molecule has 1 rings (SSSR count). The van der Waals surface area contributed by atoms with Gasteiger partial charge >= 0.3 is 0 Å². The minimum absolute atomic E-state index is 0.395. The molecule has 0 aromatic carbocycles. The summed E-state index contributed by atoms with van der Waals surface area (Å²) in [6, 6.07) is 2.28. The first kappa shape index (κ1) is 10.4. The highest BCUT2D eigenvalue weighted by molar-refractivity contribution is 9.10. The fourth-order valence-electron chi connectivity index (χ4n) is 0.993. The first-order valence-corrected chi connectivity index (χ1v) is 5.21. The van der Waals surface area contributed by atoms with Gasteiger partial charge in [0.2, 0.25) is 0 Å². The number of anilines is 1. The van der Waals surface area contributed by atoms with Crippen LogP contribution in [0.25, 0.3) is 0 Å². The number of nitrogens with zero attached hydrogens (tertiary/aromatic N) is 2. The Balaban J connectivity index is 2.88. The maximum absolute atomic E-state index is 4.34. The largest absolute Gasteiger partial charge is 0.368 e. The van der Waals surface area contributed by atoms with Crippen LogP contribution in [-0.4, -0.2) is 16.0 Å². The molecule has 0 aliphatic heterocycles. The van der Waals surface area contributed by atoms with E-state index < -0.39 is 0 Å². The summed E-state index contributed by atoms with van der Waals surface area (Å²) in [5.41, 5.74) is 0. The summed E-state index contributed by atoms with van der Waals surface area (Å²) < 4.78 is 0.836. The SMILES string of the molecule is CCc1nc(Br)cc(NC(C)C)n1. The topological polar surface area (TPSA) is 37.8 Å². The van der Waals surface area contributed by atoms with Gasteiger partial charge in [0.25, 0.3) is 0 Å². The van der Waals surface area contributed by atoms with E-state index >= 15 is 0 Å². The van der Waals surface area contributed by atoms with Gasteiger partial charge in [-0.3, -0.25) is 0 Å². The molecule has 0 atom stereocenters. The number of rotatable bonds is 3. The molecule has 4 heteroatoms. The maximum atomic E-state index is 4.34. The highest BCUT2D eigenvalue weighted by Gasteiger charge is 2.01. The second-order valence-corrected chi connectivity index (χ2v) is 3.96. The average molecular weight is 244 g/mol. The van der Waals surface area contributed by atoms with Crippen molar-refractivity contribution in [2.75, 3.05) is 5.32 Å². The van der Waals surface area contributed by atoms with Gasteiger partial charge in [-0.2, -0.15) is 0 Å². The molecule has 72 valence electrons. The quantitative estimate of drug-likeness (QED) is 0.830. The zero-order valence-corrected chi connectivity index (χ0v) is 9.72. The lowest BCUT2D eigenvalue weighted by Crippen LogP contribution is -2.12. The van der Waals surface area contributed by atoms with Crippen molar-refractivity contribution >= 4 is 21.7 Å². The van der Waals surface area contributed by atoms with Gasteiger partial charge in [-0.25, -0.2) is 9.97 Å². The van der Waals surface area contributed by atoms with Crippen molar-refractivity contribution in [1.82, 2.24) is 9.97 Å². The number of hydrogen-bond donors (Lipinski definition) is 1. The molecule has 13 heavy (non-hydrogen) atoms. The molecule has 1 aromatic heterocycles. The van der Waals surface area contributed by atoms with Gasteiger partial charge < -0.3 is 5.32 Å². The molecule has 0 aliphatic rings. The molecule has 1 N–H and O–H groups in total. The molecule has 0 saturated heterocycles. The smallest absolute Gasteiger partial charge is 0.131 e. The van der Waals surface area contributed by atoms with Crippen molar-refractivity contribution in [3.05, 3.63) is 16.5 Å². The van der Waals surface area contributed by atoms with Crippen LogP contribution >= 0.6 is 15.9 Å². The fraction of sp³-hybridized carbons (Fsp3) is 0.556. The Morgan fingerprint density at radius 3 is 2.69 bits per heavy atom. The summed E-state index contributed by atoms with van der Waals surface area (Å²) in [4.78, 5) is 8.57. The standard InChI is InChI=1S/C9H14BrN3/c1-4-8-12-7(10)5-9(13-8)11-6(2)3/h5-6H,4H2,1-3H3,(H,11,12,13). The maximum Gasteiger partial charge on any atom is 0.131 e. The molecule has 0 spiro atoms. The fourth-order valence-corrected chi connectivity index (χ4v) is 1.41. The molecule has 0 unspecified atom stereocenters. The molecular formula is C9H14BrN3. The minimum atomic E-state index is 0.395. The van der Waals surface area contributed by atoms with E-state index in [1.54, 1.807) is 0 Å². The Morgan fingerprint density at radius 2 is 2.15 bits per heavy atom. The number of aromatic nitrogens is 2. The lowest BCUT2D eigenvalue weighted by Gasteiger charge is -2.09. The Hall–Kier alpha value is -0.640. The van der Waals surface area contributed by atoms with Crippen molar-refractivity contribution in [2.24, 2.45) is 0 Å². The van der Waals surface area contributed by atoms with Crippen molar-refractivity contribution in [3.63, 3.8) is 0 Å². The highest BCUT2D eigenvalue weighted by atomic mass is 79.9.